The fourth-order valence-corrected chi connectivity index (χ4v) is 2.57. The summed E-state index contributed by atoms with van der Waals surface area (Å²) in [6, 6.07) is 25.3. The maximum absolute atomic E-state index is 10.7. The number of rotatable bonds is 3. The third kappa shape index (κ3) is 2.99. The van der Waals surface area contributed by atoms with E-state index in [1.807, 2.05) is 78.9 Å². The lowest BCUT2D eigenvalue weighted by Gasteiger charge is -2.16. The Labute approximate surface area is 129 Å². The highest BCUT2D eigenvalue weighted by molar-refractivity contribution is 6.30. The van der Waals surface area contributed by atoms with Crippen LogP contribution < -0.4 is 0 Å². The van der Waals surface area contributed by atoms with Crippen LogP contribution in [0, 0.1) is 0 Å². The highest BCUT2D eigenvalue weighted by atomic mass is 35.5. The maximum atomic E-state index is 10.7. The van der Waals surface area contributed by atoms with Crippen molar-refractivity contribution in [1.82, 2.24) is 0 Å². The smallest absolute Gasteiger partial charge is 0.105 e. The number of hydrogen-bond donors (Lipinski definition) is 1. The summed E-state index contributed by atoms with van der Waals surface area (Å²) in [5.41, 5.74) is 3.85. The molecule has 0 bridgehead atoms. The Hall–Kier alpha value is -2.09. The third-order valence-corrected chi connectivity index (χ3v) is 3.78. The molecular weight excluding hydrogens is 280 g/mol. The first kappa shape index (κ1) is 13.9. The highest BCUT2D eigenvalue weighted by Gasteiger charge is 2.14. The van der Waals surface area contributed by atoms with Crippen molar-refractivity contribution in [2.24, 2.45) is 0 Å². The fourth-order valence-electron chi connectivity index (χ4n) is 2.44. The van der Waals surface area contributed by atoms with E-state index < -0.39 is 6.10 Å². The maximum Gasteiger partial charge on any atom is 0.105 e. The number of hydrogen-bond acceptors (Lipinski definition) is 1. The molecule has 104 valence electrons. The lowest BCUT2D eigenvalue weighted by atomic mass is 9.93. The van der Waals surface area contributed by atoms with Crippen molar-refractivity contribution in [2.45, 2.75) is 6.10 Å². The Morgan fingerprint density at radius 1 is 0.714 bits per heavy atom. The normalized spacial score (nSPS) is 12.1. The molecule has 0 radical (unpaired) electrons. The second-order valence-electron chi connectivity index (χ2n) is 4.91. The molecule has 3 aromatic rings. The molecule has 1 atom stereocenters. The van der Waals surface area contributed by atoms with Crippen LogP contribution in [0.15, 0.2) is 78.9 Å². The van der Waals surface area contributed by atoms with Crippen LogP contribution in [0.5, 0.6) is 0 Å². The van der Waals surface area contributed by atoms with Gasteiger partial charge >= 0.3 is 0 Å². The van der Waals surface area contributed by atoms with Crippen molar-refractivity contribution in [2.75, 3.05) is 0 Å². The topological polar surface area (TPSA) is 20.2 Å². The van der Waals surface area contributed by atoms with E-state index in [1.54, 1.807) is 0 Å². The Kier molecular flexibility index (Phi) is 4.05. The number of benzene rings is 3. The van der Waals surface area contributed by atoms with E-state index in [2.05, 4.69) is 0 Å². The Balaban J connectivity index is 2.06. The van der Waals surface area contributed by atoms with E-state index in [1.165, 1.54) is 0 Å². The summed E-state index contributed by atoms with van der Waals surface area (Å²) in [5.74, 6) is 0. The van der Waals surface area contributed by atoms with Gasteiger partial charge in [0, 0.05) is 5.02 Å². The summed E-state index contributed by atoms with van der Waals surface area (Å²) in [5, 5.41) is 11.4. The van der Waals surface area contributed by atoms with Crippen LogP contribution >= 0.6 is 11.6 Å². The summed E-state index contributed by atoms with van der Waals surface area (Å²) in [7, 11) is 0. The molecule has 0 aliphatic heterocycles. The molecule has 1 nitrogen and oxygen atoms in total. The van der Waals surface area contributed by atoms with E-state index in [0.717, 1.165) is 22.3 Å². The molecule has 3 rings (SSSR count). The third-order valence-electron chi connectivity index (χ3n) is 3.53. The zero-order chi connectivity index (χ0) is 14.7. The minimum absolute atomic E-state index is 0.641. The molecule has 0 aromatic heterocycles. The quantitative estimate of drug-likeness (QED) is 0.713. The second-order valence-corrected chi connectivity index (χ2v) is 5.34. The Bertz CT molecular complexity index is 720. The first-order valence-electron chi connectivity index (χ1n) is 6.83. The number of aliphatic hydroxyl groups is 1. The molecule has 1 N–H and O–H groups in total. The molecular formula is C19H15ClO. The van der Waals surface area contributed by atoms with E-state index in [0.29, 0.717) is 5.02 Å². The standard InChI is InChI=1S/C19H15ClO/c20-16-12-10-14(11-13-16)17-8-4-5-9-18(17)19(21)15-6-2-1-3-7-15/h1-13,19,21H. The zero-order valence-corrected chi connectivity index (χ0v) is 12.2. The predicted molar refractivity (Wildman–Crippen MR) is 87.4 cm³/mol. The fraction of sp³-hybridized carbons (Fsp3) is 0.0526. The number of aliphatic hydroxyl groups excluding tert-OH is 1. The summed E-state index contributed by atoms with van der Waals surface area (Å²) in [4.78, 5) is 0. The van der Waals surface area contributed by atoms with E-state index in [-0.39, 0.29) is 0 Å². The van der Waals surface area contributed by atoms with Crippen molar-refractivity contribution in [1.29, 1.82) is 0 Å². The van der Waals surface area contributed by atoms with Crippen molar-refractivity contribution in [3.63, 3.8) is 0 Å². The SMILES string of the molecule is OC(c1ccccc1)c1ccccc1-c1ccc(Cl)cc1. The summed E-state index contributed by atoms with van der Waals surface area (Å²) >= 11 is 5.95. The molecule has 0 aliphatic carbocycles. The van der Waals surface area contributed by atoms with Crippen LogP contribution in [0.2, 0.25) is 5.02 Å². The first-order chi connectivity index (χ1) is 10.3. The first-order valence-corrected chi connectivity index (χ1v) is 7.21. The van der Waals surface area contributed by atoms with Crippen LogP contribution in [-0.4, -0.2) is 5.11 Å². The molecule has 0 heterocycles. The van der Waals surface area contributed by atoms with Crippen LogP contribution in [-0.2, 0) is 0 Å². The highest BCUT2D eigenvalue weighted by Crippen LogP contribution is 2.32. The van der Waals surface area contributed by atoms with Gasteiger partial charge < -0.3 is 5.11 Å². The van der Waals surface area contributed by atoms with E-state index in [4.69, 9.17) is 11.6 Å². The van der Waals surface area contributed by atoms with Gasteiger partial charge in [0.15, 0.2) is 0 Å². The van der Waals surface area contributed by atoms with Crippen molar-refractivity contribution in [3.05, 3.63) is 95.0 Å². The van der Waals surface area contributed by atoms with E-state index >= 15 is 0 Å². The molecule has 2 heteroatoms. The molecule has 1 unspecified atom stereocenters. The summed E-state index contributed by atoms with van der Waals surface area (Å²) in [6.07, 6.45) is -0.641. The van der Waals surface area contributed by atoms with Crippen LogP contribution in [0.4, 0.5) is 0 Å². The number of halogens is 1. The molecule has 0 aliphatic rings. The van der Waals surface area contributed by atoms with Gasteiger partial charge in [0.2, 0.25) is 0 Å². The molecule has 0 saturated heterocycles. The largest absolute Gasteiger partial charge is 0.384 e. The summed E-state index contributed by atoms with van der Waals surface area (Å²) in [6.45, 7) is 0. The summed E-state index contributed by atoms with van der Waals surface area (Å²) < 4.78 is 0. The van der Waals surface area contributed by atoms with Crippen molar-refractivity contribution < 1.29 is 5.11 Å². The average molecular weight is 295 g/mol. The van der Waals surface area contributed by atoms with Crippen LogP contribution in [0.25, 0.3) is 11.1 Å². The molecule has 0 amide bonds. The van der Waals surface area contributed by atoms with Gasteiger partial charge in [-0.3, -0.25) is 0 Å². The van der Waals surface area contributed by atoms with Gasteiger partial charge in [0.25, 0.3) is 0 Å². The minimum atomic E-state index is -0.641. The van der Waals surface area contributed by atoms with Gasteiger partial charge in [-0.2, -0.15) is 0 Å². The lowest BCUT2D eigenvalue weighted by Crippen LogP contribution is -2.01. The van der Waals surface area contributed by atoms with Gasteiger partial charge in [-0.1, -0.05) is 78.3 Å². The molecule has 0 saturated carbocycles. The van der Waals surface area contributed by atoms with Gasteiger partial charge in [-0.05, 0) is 34.4 Å². The van der Waals surface area contributed by atoms with Crippen molar-refractivity contribution >= 4 is 11.6 Å². The van der Waals surface area contributed by atoms with Crippen molar-refractivity contribution in [3.8, 4) is 11.1 Å². The Morgan fingerprint density at radius 2 is 1.33 bits per heavy atom. The molecule has 0 fully saturated rings. The van der Waals surface area contributed by atoms with Crippen LogP contribution in [0.3, 0.4) is 0 Å². The zero-order valence-electron chi connectivity index (χ0n) is 11.4. The van der Waals surface area contributed by atoms with Gasteiger partial charge in [-0.25, -0.2) is 0 Å². The second kappa shape index (κ2) is 6.13. The van der Waals surface area contributed by atoms with Crippen LogP contribution in [0.1, 0.15) is 17.2 Å². The lowest BCUT2D eigenvalue weighted by molar-refractivity contribution is 0.221. The molecule has 3 aromatic carbocycles. The molecule has 21 heavy (non-hydrogen) atoms. The molecule has 0 spiro atoms. The van der Waals surface area contributed by atoms with E-state index in [9.17, 15) is 5.11 Å². The van der Waals surface area contributed by atoms with Gasteiger partial charge in [-0.15, -0.1) is 0 Å². The minimum Gasteiger partial charge on any atom is -0.384 e. The predicted octanol–water partition coefficient (Wildman–Crippen LogP) is 5.09. The monoisotopic (exact) mass is 294 g/mol. The van der Waals surface area contributed by atoms with Gasteiger partial charge in [0.1, 0.15) is 6.10 Å². The Morgan fingerprint density at radius 3 is 2.05 bits per heavy atom. The van der Waals surface area contributed by atoms with Gasteiger partial charge in [0.05, 0.1) is 0 Å². The average Bonchev–Trinajstić information content (AvgIpc) is 2.56.